The van der Waals surface area contributed by atoms with Gasteiger partial charge in [-0.2, -0.15) is 0 Å². The summed E-state index contributed by atoms with van der Waals surface area (Å²) in [5.74, 6) is 0.0889. The normalized spacial score (nSPS) is 19.6. The number of aliphatic hydroxyl groups is 1. The number of hydrogen-bond acceptors (Lipinski definition) is 4. The first-order valence-corrected chi connectivity index (χ1v) is 8.15. The standard InChI is InChI=1S/C18H27NO3/c1-14(15-6-4-3-5-7-15)8-11-19-12-9-16(10-13-19)17(20)18(21)22-2/h3-7,14,16-17,20H,8-13H2,1-2H3. The van der Waals surface area contributed by atoms with Crippen LogP contribution in [0, 0.1) is 5.92 Å². The molecule has 0 aliphatic carbocycles. The Morgan fingerprint density at radius 2 is 1.95 bits per heavy atom. The molecule has 1 aromatic rings. The van der Waals surface area contributed by atoms with Crippen molar-refractivity contribution >= 4 is 5.97 Å². The van der Waals surface area contributed by atoms with E-state index in [-0.39, 0.29) is 5.92 Å². The van der Waals surface area contributed by atoms with Gasteiger partial charge in [0.15, 0.2) is 6.10 Å². The molecule has 122 valence electrons. The Hall–Kier alpha value is -1.39. The summed E-state index contributed by atoms with van der Waals surface area (Å²) in [4.78, 5) is 13.8. The van der Waals surface area contributed by atoms with Crippen LogP contribution in [0.5, 0.6) is 0 Å². The van der Waals surface area contributed by atoms with Crippen molar-refractivity contribution in [2.75, 3.05) is 26.7 Å². The van der Waals surface area contributed by atoms with Crippen molar-refractivity contribution in [2.45, 2.75) is 38.2 Å². The lowest BCUT2D eigenvalue weighted by atomic mass is 9.90. The molecular weight excluding hydrogens is 278 g/mol. The van der Waals surface area contributed by atoms with Crippen molar-refractivity contribution in [1.82, 2.24) is 4.90 Å². The van der Waals surface area contributed by atoms with Crippen LogP contribution in [0.1, 0.15) is 37.7 Å². The first kappa shape index (κ1) is 17.0. The highest BCUT2D eigenvalue weighted by Gasteiger charge is 2.30. The summed E-state index contributed by atoms with van der Waals surface area (Å²) in [5, 5.41) is 9.90. The Kier molecular flexibility index (Phi) is 6.40. The molecule has 1 saturated heterocycles. The van der Waals surface area contributed by atoms with Crippen LogP contribution in [0.3, 0.4) is 0 Å². The third-order valence-electron chi connectivity index (χ3n) is 4.77. The monoisotopic (exact) mass is 305 g/mol. The Morgan fingerprint density at radius 3 is 2.55 bits per heavy atom. The van der Waals surface area contributed by atoms with Gasteiger partial charge < -0.3 is 14.7 Å². The number of nitrogens with zero attached hydrogens (tertiary/aromatic N) is 1. The zero-order valence-corrected chi connectivity index (χ0v) is 13.6. The number of ether oxygens (including phenoxy) is 1. The molecule has 1 aromatic carbocycles. The predicted octanol–water partition coefficient (Wildman–Crippen LogP) is 2.43. The van der Waals surface area contributed by atoms with Crippen LogP contribution < -0.4 is 0 Å². The fourth-order valence-electron chi connectivity index (χ4n) is 3.13. The highest BCUT2D eigenvalue weighted by atomic mass is 16.5. The van der Waals surface area contributed by atoms with E-state index in [1.165, 1.54) is 12.7 Å². The topological polar surface area (TPSA) is 49.8 Å². The molecule has 4 heteroatoms. The molecule has 2 unspecified atom stereocenters. The third kappa shape index (κ3) is 4.55. The Balaban J connectivity index is 1.73. The van der Waals surface area contributed by atoms with Crippen LogP contribution >= 0.6 is 0 Å². The minimum absolute atomic E-state index is 0.0373. The zero-order valence-electron chi connectivity index (χ0n) is 13.6. The quantitative estimate of drug-likeness (QED) is 0.820. The molecule has 1 fully saturated rings. The van der Waals surface area contributed by atoms with E-state index in [9.17, 15) is 9.90 Å². The smallest absolute Gasteiger partial charge is 0.334 e. The molecule has 2 rings (SSSR count). The molecule has 4 nitrogen and oxygen atoms in total. The molecule has 0 aromatic heterocycles. The molecule has 0 amide bonds. The van der Waals surface area contributed by atoms with Gasteiger partial charge in [0.05, 0.1) is 7.11 Å². The van der Waals surface area contributed by atoms with Gasteiger partial charge in [0.2, 0.25) is 0 Å². The first-order chi connectivity index (χ1) is 10.6. The summed E-state index contributed by atoms with van der Waals surface area (Å²) in [6.45, 7) is 5.22. The van der Waals surface area contributed by atoms with Gasteiger partial charge in [-0.15, -0.1) is 0 Å². The number of methoxy groups -OCH3 is 1. The fourth-order valence-corrected chi connectivity index (χ4v) is 3.13. The van der Waals surface area contributed by atoms with Crippen molar-refractivity contribution < 1.29 is 14.6 Å². The number of carbonyl (C=O) groups excluding carboxylic acids is 1. The maximum atomic E-state index is 11.4. The second-order valence-corrected chi connectivity index (χ2v) is 6.25. The number of esters is 1. The second-order valence-electron chi connectivity index (χ2n) is 6.25. The van der Waals surface area contributed by atoms with Gasteiger partial charge in [0, 0.05) is 0 Å². The SMILES string of the molecule is COC(=O)C(O)C1CCN(CCC(C)c2ccccc2)CC1. The average molecular weight is 305 g/mol. The van der Waals surface area contributed by atoms with Crippen LogP contribution in [0.4, 0.5) is 0 Å². The molecule has 1 heterocycles. The highest BCUT2D eigenvalue weighted by Crippen LogP contribution is 2.24. The van der Waals surface area contributed by atoms with E-state index in [0.29, 0.717) is 5.92 Å². The van der Waals surface area contributed by atoms with Gasteiger partial charge in [0.25, 0.3) is 0 Å². The first-order valence-electron chi connectivity index (χ1n) is 8.15. The predicted molar refractivity (Wildman–Crippen MR) is 86.7 cm³/mol. The van der Waals surface area contributed by atoms with Crippen molar-refractivity contribution in [1.29, 1.82) is 0 Å². The van der Waals surface area contributed by atoms with E-state index in [2.05, 4.69) is 40.8 Å². The van der Waals surface area contributed by atoms with Crippen LogP contribution in [0.15, 0.2) is 30.3 Å². The van der Waals surface area contributed by atoms with Gasteiger partial charge >= 0.3 is 5.97 Å². The van der Waals surface area contributed by atoms with Gasteiger partial charge in [0.1, 0.15) is 0 Å². The molecule has 0 bridgehead atoms. The van der Waals surface area contributed by atoms with Crippen LogP contribution in [-0.2, 0) is 9.53 Å². The van der Waals surface area contributed by atoms with E-state index < -0.39 is 12.1 Å². The van der Waals surface area contributed by atoms with Crippen molar-refractivity contribution in [2.24, 2.45) is 5.92 Å². The molecule has 1 N–H and O–H groups in total. The van der Waals surface area contributed by atoms with Crippen LogP contribution in [0.2, 0.25) is 0 Å². The number of piperidine rings is 1. The summed E-state index contributed by atoms with van der Waals surface area (Å²) in [5.41, 5.74) is 1.39. The Labute approximate surface area is 133 Å². The van der Waals surface area contributed by atoms with Gasteiger partial charge in [-0.05, 0) is 56.3 Å². The number of rotatable bonds is 6. The maximum Gasteiger partial charge on any atom is 0.334 e. The molecular formula is C18H27NO3. The van der Waals surface area contributed by atoms with Crippen LogP contribution in [0.25, 0.3) is 0 Å². The molecule has 0 saturated carbocycles. The number of carbonyl (C=O) groups is 1. The summed E-state index contributed by atoms with van der Waals surface area (Å²) in [6.07, 6.45) is 1.88. The second kappa shape index (κ2) is 8.30. The maximum absolute atomic E-state index is 11.4. The van der Waals surface area contributed by atoms with Crippen molar-refractivity contribution in [3.05, 3.63) is 35.9 Å². The van der Waals surface area contributed by atoms with Crippen LogP contribution in [-0.4, -0.2) is 48.8 Å². The van der Waals surface area contributed by atoms with Gasteiger partial charge in [-0.3, -0.25) is 0 Å². The summed E-state index contributed by atoms with van der Waals surface area (Å²) >= 11 is 0. The molecule has 0 radical (unpaired) electrons. The summed E-state index contributed by atoms with van der Waals surface area (Å²) < 4.78 is 4.62. The van der Waals surface area contributed by atoms with E-state index in [0.717, 1.165) is 38.9 Å². The molecule has 22 heavy (non-hydrogen) atoms. The number of benzene rings is 1. The summed E-state index contributed by atoms with van der Waals surface area (Å²) in [7, 11) is 1.33. The van der Waals surface area contributed by atoms with E-state index >= 15 is 0 Å². The molecule has 0 spiro atoms. The molecule has 2 atom stereocenters. The fraction of sp³-hybridized carbons (Fsp3) is 0.611. The van der Waals surface area contributed by atoms with Crippen molar-refractivity contribution in [3.63, 3.8) is 0 Å². The molecule has 1 aliphatic rings. The van der Waals surface area contributed by atoms with E-state index in [1.807, 2.05) is 6.07 Å². The van der Waals surface area contributed by atoms with Gasteiger partial charge in [-0.25, -0.2) is 4.79 Å². The number of aliphatic hydroxyl groups excluding tert-OH is 1. The van der Waals surface area contributed by atoms with Gasteiger partial charge in [-0.1, -0.05) is 37.3 Å². The van der Waals surface area contributed by atoms with E-state index in [4.69, 9.17) is 0 Å². The third-order valence-corrected chi connectivity index (χ3v) is 4.77. The molecule has 1 aliphatic heterocycles. The van der Waals surface area contributed by atoms with E-state index in [1.54, 1.807) is 0 Å². The lowest BCUT2D eigenvalue weighted by Crippen LogP contribution is -2.41. The Morgan fingerprint density at radius 1 is 1.32 bits per heavy atom. The summed E-state index contributed by atoms with van der Waals surface area (Å²) in [6, 6.07) is 10.6. The largest absolute Gasteiger partial charge is 0.467 e. The number of likely N-dealkylation sites (tertiary alicyclic amines) is 1. The Bertz CT molecular complexity index is 455. The van der Waals surface area contributed by atoms with Crippen molar-refractivity contribution in [3.8, 4) is 0 Å². The minimum Gasteiger partial charge on any atom is -0.467 e. The highest BCUT2D eigenvalue weighted by molar-refractivity contribution is 5.74. The lowest BCUT2D eigenvalue weighted by Gasteiger charge is -2.33. The number of hydrogen-bond donors (Lipinski definition) is 1. The zero-order chi connectivity index (χ0) is 15.9. The minimum atomic E-state index is -0.963. The lowest BCUT2D eigenvalue weighted by molar-refractivity contribution is -0.154. The average Bonchev–Trinajstić information content (AvgIpc) is 2.59.